The molecule has 0 atom stereocenters. The van der Waals surface area contributed by atoms with Crippen molar-refractivity contribution in [2.45, 2.75) is 64.2 Å². The maximum Gasteiger partial charge on any atom is 0.408 e. The maximum atomic E-state index is 12.6. The van der Waals surface area contributed by atoms with E-state index in [1.54, 1.807) is 21.0 Å². The van der Waals surface area contributed by atoms with Crippen molar-refractivity contribution < 1.29 is 22.7 Å². The van der Waals surface area contributed by atoms with Crippen LogP contribution >= 0.6 is 0 Å². The second-order valence-electron chi connectivity index (χ2n) is 6.57. The summed E-state index contributed by atoms with van der Waals surface area (Å²) in [5, 5.41) is 6.96. The summed E-state index contributed by atoms with van der Waals surface area (Å²) in [6.07, 6.45) is -0.526. The SMILES string of the molecule is COCC1(NC(=O)Cc2c(C)nn(CC(F)(F)F)c2C)CCCC1. The number of ether oxygens (including phenoxy) is 1. The van der Waals surface area contributed by atoms with Gasteiger partial charge in [0.25, 0.3) is 0 Å². The van der Waals surface area contributed by atoms with E-state index in [4.69, 9.17) is 4.74 Å². The van der Waals surface area contributed by atoms with Gasteiger partial charge in [0.2, 0.25) is 5.91 Å². The van der Waals surface area contributed by atoms with Crippen LogP contribution in [0.15, 0.2) is 0 Å². The quantitative estimate of drug-likeness (QED) is 0.861. The molecule has 0 saturated heterocycles. The molecule has 0 aliphatic heterocycles. The van der Waals surface area contributed by atoms with Crippen molar-refractivity contribution in [2.75, 3.05) is 13.7 Å². The number of hydrogen-bond donors (Lipinski definition) is 1. The van der Waals surface area contributed by atoms with E-state index in [-0.39, 0.29) is 17.9 Å². The molecule has 136 valence electrons. The standard InChI is InChI=1S/C16H24F3N3O2/c1-11-13(12(2)22(21-11)9-16(17,18)19)8-14(23)20-15(10-24-3)6-4-5-7-15/h4-10H2,1-3H3,(H,20,23). The normalized spacial score (nSPS) is 17.2. The van der Waals surface area contributed by atoms with E-state index in [0.717, 1.165) is 30.4 Å². The van der Waals surface area contributed by atoms with E-state index in [2.05, 4.69) is 10.4 Å². The summed E-state index contributed by atoms with van der Waals surface area (Å²) in [4.78, 5) is 12.4. The molecular weight excluding hydrogens is 323 g/mol. The lowest BCUT2D eigenvalue weighted by Gasteiger charge is -2.29. The van der Waals surface area contributed by atoms with Gasteiger partial charge in [-0.15, -0.1) is 0 Å². The predicted molar refractivity (Wildman–Crippen MR) is 82.7 cm³/mol. The first-order valence-electron chi connectivity index (χ1n) is 8.05. The van der Waals surface area contributed by atoms with Crippen LogP contribution in [0.4, 0.5) is 13.2 Å². The zero-order valence-electron chi connectivity index (χ0n) is 14.3. The van der Waals surface area contributed by atoms with Gasteiger partial charge in [-0.05, 0) is 26.7 Å². The molecule has 0 spiro atoms. The van der Waals surface area contributed by atoms with E-state index in [0.29, 0.717) is 23.6 Å². The molecule has 1 heterocycles. The number of amides is 1. The van der Waals surface area contributed by atoms with Crippen LogP contribution in [-0.2, 0) is 22.5 Å². The molecule has 8 heteroatoms. The van der Waals surface area contributed by atoms with E-state index in [1.807, 2.05) is 0 Å². The zero-order valence-corrected chi connectivity index (χ0v) is 14.3. The lowest BCUT2D eigenvalue weighted by Crippen LogP contribution is -2.50. The lowest BCUT2D eigenvalue weighted by molar-refractivity contribution is -0.143. The van der Waals surface area contributed by atoms with Gasteiger partial charge in [-0.3, -0.25) is 9.48 Å². The minimum absolute atomic E-state index is 0.0288. The summed E-state index contributed by atoms with van der Waals surface area (Å²) in [5.74, 6) is -0.202. The van der Waals surface area contributed by atoms with Gasteiger partial charge in [-0.2, -0.15) is 18.3 Å². The molecular formula is C16H24F3N3O2. The lowest BCUT2D eigenvalue weighted by atomic mass is 9.98. The first-order valence-corrected chi connectivity index (χ1v) is 8.05. The number of carbonyl (C=O) groups is 1. The maximum absolute atomic E-state index is 12.6. The summed E-state index contributed by atoms with van der Waals surface area (Å²) in [6, 6.07) is 0. The summed E-state index contributed by atoms with van der Waals surface area (Å²) in [5.41, 5.74) is 1.05. The molecule has 1 aliphatic rings. The number of carbonyl (C=O) groups excluding carboxylic acids is 1. The smallest absolute Gasteiger partial charge is 0.382 e. The molecule has 1 saturated carbocycles. The Balaban J connectivity index is 2.09. The summed E-state index contributed by atoms with van der Waals surface area (Å²) in [6.45, 7) is 2.50. The molecule has 1 N–H and O–H groups in total. The van der Waals surface area contributed by atoms with Gasteiger partial charge in [0.05, 0.1) is 24.3 Å². The summed E-state index contributed by atoms with van der Waals surface area (Å²) in [7, 11) is 1.60. The van der Waals surface area contributed by atoms with E-state index in [9.17, 15) is 18.0 Å². The van der Waals surface area contributed by atoms with Crippen LogP contribution in [0.2, 0.25) is 0 Å². The summed E-state index contributed by atoms with van der Waals surface area (Å²) >= 11 is 0. The molecule has 1 aromatic rings. The number of halogens is 3. The Bertz CT molecular complexity index is 590. The first kappa shape index (κ1) is 18.8. The molecule has 24 heavy (non-hydrogen) atoms. The largest absolute Gasteiger partial charge is 0.408 e. The van der Waals surface area contributed by atoms with Crippen LogP contribution in [0, 0.1) is 13.8 Å². The number of aryl methyl sites for hydroxylation is 1. The fraction of sp³-hybridized carbons (Fsp3) is 0.750. The highest BCUT2D eigenvalue weighted by Gasteiger charge is 2.36. The van der Waals surface area contributed by atoms with Crippen LogP contribution in [0.5, 0.6) is 0 Å². The number of hydrogen-bond acceptors (Lipinski definition) is 3. The van der Waals surface area contributed by atoms with Crippen LogP contribution in [0.1, 0.15) is 42.6 Å². The predicted octanol–water partition coefficient (Wildman–Crippen LogP) is 2.68. The van der Waals surface area contributed by atoms with Gasteiger partial charge >= 0.3 is 6.18 Å². The molecule has 1 amide bonds. The Morgan fingerprint density at radius 2 is 1.96 bits per heavy atom. The van der Waals surface area contributed by atoms with Crippen molar-refractivity contribution in [2.24, 2.45) is 0 Å². The minimum atomic E-state index is -4.34. The van der Waals surface area contributed by atoms with Crippen molar-refractivity contribution in [3.05, 3.63) is 17.0 Å². The van der Waals surface area contributed by atoms with Crippen molar-refractivity contribution in [1.29, 1.82) is 0 Å². The third-order valence-corrected chi connectivity index (χ3v) is 4.58. The van der Waals surface area contributed by atoms with Gasteiger partial charge in [-0.1, -0.05) is 12.8 Å². The topological polar surface area (TPSA) is 56.1 Å². The van der Waals surface area contributed by atoms with Crippen molar-refractivity contribution >= 4 is 5.91 Å². The van der Waals surface area contributed by atoms with Crippen LogP contribution < -0.4 is 5.32 Å². The first-order chi connectivity index (χ1) is 11.2. The Morgan fingerprint density at radius 3 is 2.50 bits per heavy atom. The molecule has 2 rings (SSSR count). The zero-order chi connectivity index (χ0) is 18.0. The molecule has 1 aliphatic carbocycles. The monoisotopic (exact) mass is 347 g/mol. The van der Waals surface area contributed by atoms with Crippen LogP contribution in [0.25, 0.3) is 0 Å². The van der Waals surface area contributed by atoms with E-state index >= 15 is 0 Å². The Kier molecular flexibility index (Phi) is 5.57. The molecule has 5 nitrogen and oxygen atoms in total. The molecule has 1 aromatic heterocycles. The van der Waals surface area contributed by atoms with Gasteiger partial charge in [-0.25, -0.2) is 0 Å². The van der Waals surface area contributed by atoms with Crippen LogP contribution in [0.3, 0.4) is 0 Å². The highest BCUT2D eigenvalue weighted by atomic mass is 19.4. The van der Waals surface area contributed by atoms with Gasteiger partial charge < -0.3 is 10.1 Å². The van der Waals surface area contributed by atoms with Crippen molar-refractivity contribution in [3.63, 3.8) is 0 Å². The third kappa shape index (κ3) is 4.49. The number of nitrogens with zero attached hydrogens (tertiary/aromatic N) is 2. The van der Waals surface area contributed by atoms with Crippen molar-refractivity contribution in [1.82, 2.24) is 15.1 Å². The van der Waals surface area contributed by atoms with E-state index in [1.165, 1.54) is 0 Å². The van der Waals surface area contributed by atoms with Gasteiger partial charge in [0.15, 0.2) is 0 Å². The molecule has 0 radical (unpaired) electrons. The Labute approximate surface area is 139 Å². The molecule has 1 fully saturated rings. The second kappa shape index (κ2) is 7.13. The number of nitrogens with one attached hydrogen (secondary N) is 1. The fourth-order valence-corrected chi connectivity index (χ4v) is 3.45. The average Bonchev–Trinajstić information content (AvgIpc) is 2.99. The molecule has 0 unspecified atom stereocenters. The van der Waals surface area contributed by atoms with E-state index < -0.39 is 12.7 Å². The number of alkyl halides is 3. The van der Waals surface area contributed by atoms with Crippen LogP contribution in [-0.4, -0.2) is 41.1 Å². The Morgan fingerprint density at radius 1 is 1.33 bits per heavy atom. The number of methoxy groups -OCH3 is 1. The molecule has 0 bridgehead atoms. The second-order valence-corrected chi connectivity index (χ2v) is 6.57. The summed E-state index contributed by atoms with van der Waals surface area (Å²) < 4.78 is 43.9. The van der Waals surface area contributed by atoms with Crippen molar-refractivity contribution in [3.8, 4) is 0 Å². The van der Waals surface area contributed by atoms with Gasteiger partial charge in [0.1, 0.15) is 6.54 Å². The highest BCUT2D eigenvalue weighted by molar-refractivity contribution is 5.80. The number of rotatable bonds is 6. The molecule has 0 aromatic carbocycles. The third-order valence-electron chi connectivity index (χ3n) is 4.58. The Hall–Kier alpha value is -1.57. The number of aromatic nitrogens is 2. The average molecular weight is 347 g/mol. The van der Waals surface area contributed by atoms with Gasteiger partial charge in [0, 0.05) is 18.4 Å². The fourth-order valence-electron chi connectivity index (χ4n) is 3.45. The highest BCUT2D eigenvalue weighted by Crippen LogP contribution is 2.30. The minimum Gasteiger partial charge on any atom is -0.382 e.